The molecule has 0 aromatic carbocycles. The van der Waals surface area contributed by atoms with Crippen LogP contribution in [0.1, 0.15) is 38.9 Å². The molecule has 1 aliphatic heterocycles. The standard InChI is InChI=1S/C12H18BrN3O/c1-8(2)11-14-9(13)6-10(15-11)16-5-4-12(3,17)7-16/h6,8,17H,4-5,7H2,1-3H3. The van der Waals surface area contributed by atoms with Gasteiger partial charge < -0.3 is 10.0 Å². The third-order valence-electron chi connectivity index (χ3n) is 2.99. The van der Waals surface area contributed by atoms with Crippen LogP contribution in [-0.2, 0) is 0 Å². The molecule has 0 saturated carbocycles. The molecule has 2 rings (SSSR count). The number of aliphatic hydroxyl groups is 1. The lowest BCUT2D eigenvalue weighted by Gasteiger charge is -2.20. The summed E-state index contributed by atoms with van der Waals surface area (Å²) in [5.74, 6) is 2.03. The molecule has 0 bridgehead atoms. The van der Waals surface area contributed by atoms with Gasteiger partial charge in [-0.3, -0.25) is 0 Å². The molecule has 1 unspecified atom stereocenters. The van der Waals surface area contributed by atoms with Gasteiger partial charge in [0.1, 0.15) is 16.2 Å². The van der Waals surface area contributed by atoms with Crippen LogP contribution in [-0.4, -0.2) is 33.8 Å². The lowest BCUT2D eigenvalue weighted by atomic mass is 10.1. The van der Waals surface area contributed by atoms with Gasteiger partial charge in [0, 0.05) is 25.1 Å². The van der Waals surface area contributed by atoms with E-state index in [0.29, 0.717) is 12.5 Å². The molecule has 5 heteroatoms. The van der Waals surface area contributed by atoms with Gasteiger partial charge in [0.15, 0.2) is 0 Å². The van der Waals surface area contributed by atoms with Crippen LogP contribution in [0.3, 0.4) is 0 Å². The highest BCUT2D eigenvalue weighted by atomic mass is 79.9. The fraction of sp³-hybridized carbons (Fsp3) is 0.667. The first-order chi connectivity index (χ1) is 7.87. The number of anilines is 1. The second-order valence-corrected chi connectivity index (χ2v) is 6.04. The normalized spacial score (nSPS) is 24.7. The predicted molar refractivity (Wildman–Crippen MR) is 71.3 cm³/mol. The third-order valence-corrected chi connectivity index (χ3v) is 3.40. The molecule has 1 N–H and O–H groups in total. The molecule has 4 nitrogen and oxygen atoms in total. The Balaban J connectivity index is 2.27. The van der Waals surface area contributed by atoms with Crippen LogP contribution in [0, 0.1) is 0 Å². The molecule has 1 fully saturated rings. The maximum absolute atomic E-state index is 9.98. The molecule has 0 spiro atoms. The van der Waals surface area contributed by atoms with E-state index in [1.807, 2.05) is 13.0 Å². The van der Waals surface area contributed by atoms with E-state index in [-0.39, 0.29) is 0 Å². The minimum Gasteiger partial charge on any atom is -0.388 e. The average molecular weight is 300 g/mol. The van der Waals surface area contributed by atoms with Crippen LogP contribution in [0.2, 0.25) is 0 Å². The summed E-state index contributed by atoms with van der Waals surface area (Å²) in [4.78, 5) is 11.0. The van der Waals surface area contributed by atoms with Gasteiger partial charge in [-0.1, -0.05) is 13.8 Å². The molecular formula is C12H18BrN3O. The van der Waals surface area contributed by atoms with E-state index >= 15 is 0 Å². The number of hydrogen-bond acceptors (Lipinski definition) is 4. The monoisotopic (exact) mass is 299 g/mol. The largest absolute Gasteiger partial charge is 0.388 e. The van der Waals surface area contributed by atoms with Crippen molar-refractivity contribution in [2.24, 2.45) is 0 Å². The van der Waals surface area contributed by atoms with Gasteiger partial charge in [-0.05, 0) is 29.3 Å². The highest BCUT2D eigenvalue weighted by Crippen LogP contribution is 2.27. The van der Waals surface area contributed by atoms with E-state index in [2.05, 4.69) is 44.6 Å². The van der Waals surface area contributed by atoms with Gasteiger partial charge >= 0.3 is 0 Å². The van der Waals surface area contributed by atoms with Crippen molar-refractivity contribution in [3.63, 3.8) is 0 Å². The molecule has 1 atom stereocenters. The zero-order chi connectivity index (χ0) is 12.6. The predicted octanol–water partition coefficient (Wildman–Crippen LogP) is 2.32. The highest BCUT2D eigenvalue weighted by Gasteiger charge is 2.32. The van der Waals surface area contributed by atoms with E-state index in [1.54, 1.807) is 0 Å². The fourth-order valence-electron chi connectivity index (χ4n) is 1.98. The van der Waals surface area contributed by atoms with Gasteiger partial charge in [-0.15, -0.1) is 0 Å². The smallest absolute Gasteiger partial charge is 0.134 e. The highest BCUT2D eigenvalue weighted by molar-refractivity contribution is 9.10. The Morgan fingerprint density at radius 3 is 2.71 bits per heavy atom. The first-order valence-corrected chi connectivity index (χ1v) is 6.68. The van der Waals surface area contributed by atoms with Crippen molar-refractivity contribution in [3.8, 4) is 0 Å². The van der Waals surface area contributed by atoms with Crippen molar-refractivity contribution in [2.45, 2.75) is 38.7 Å². The van der Waals surface area contributed by atoms with Gasteiger partial charge in [0.25, 0.3) is 0 Å². The number of β-amino-alcohol motifs (C(OH)–C–C–N with tert-alkyl or cyclic N) is 1. The minimum absolute atomic E-state index is 0.300. The maximum Gasteiger partial charge on any atom is 0.134 e. The Hall–Kier alpha value is -0.680. The Morgan fingerprint density at radius 1 is 1.47 bits per heavy atom. The number of aromatic nitrogens is 2. The van der Waals surface area contributed by atoms with Gasteiger partial charge in [0.2, 0.25) is 0 Å². The molecule has 1 saturated heterocycles. The van der Waals surface area contributed by atoms with Crippen LogP contribution >= 0.6 is 15.9 Å². The van der Waals surface area contributed by atoms with Crippen molar-refractivity contribution in [1.82, 2.24) is 9.97 Å². The molecule has 17 heavy (non-hydrogen) atoms. The summed E-state index contributed by atoms with van der Waals surface area (Å²) in [5, 5.41) is 9.98. The van der Waals surface area contributed by atoms with Crippen LogP contribution < -0.4 is 4.90 Å². The van der Waals surface area contributed by atoms with E-state index in [9.17, 15) is 5.11 Å². The Bertz CT molecular complexity index is 420. The molecule has 2 heterocycles. The summed E-state index contributed by atoms with van der Waals surface area (Å²) in [6.07, 6.45) is 0.783. The third kappa shape index (κ3) is 2.96. The van der Waals surface area contributed by atoms with E-state index in [1.165, 1.54) is 0 Å². The van der Waals surface area contributed by atoms with Crippen molar-refractivity contribution in [2.75, 3.05) is 18.0 Å². The lowest BCUT2D eigenvalue weighted by Crippen LogP contribution is -2.30. The number of nitrogens with zero attached hydrogens (tertiary/aromatic N) is 3. The van der Waals surface area contributed by atoms with Crippen LogP contribution in [0.5, 0.6) is 0 Å². The van der Waals surface area contributed by atoms with E-state index in [0.717, 1.165) is 29.2 Å². The summed E-state index contributed by atoms with van der Waals surface area (Å²) in [5.41, 5.74) is -0.602. The SMILES string of the molecule is CC(C)c1nc(Br)cc(N2CCC(C)(O)C2)n1. The first kappa shape index (κ1) is 12.8. The van der Waals surface area contributed by atoms with E-state index < -0.39 is 5.60 Å². The zero-order valence-electron chi connectivity index (χ0n) is 10.4. The van der Waals surface area contributed by atoms with Crippen molar-refractivity contribution >= 4 is 21.7 Å². The summed E-state index contributed by atoms with van der Waals surface area (Å²) in [6.45, 7) is 7.49. The fourth-order valence-corrected chi connectivity index (χ4v) is 2.37. The topological polar surface area (TPSA) is 49.2 Å². The maximum atomic E-state index is 9.98. The number of halogens is 1. The molecule has 0 amide bonds. The van der Waals surface area contributed by atoms with E-state index in [4.69, 9.17) is 0 Å². The van der Waals surface area contributed by atoms with Gasteiger partial charge in [-0.2, -0.15) is 0 Å². The van der Waals surface area contributed by atoms with Crippen molar-refractivity contribution in [1.29, 1.82) is 0 Å². The second kappa shape index (κ2) is 4.53. The summed E-state index contributed by atoms with van der Waals surface area (Å²) < 4.78 is 0.803. The van der Waals surface area contributed by atoms with Crippen molar-refractivity contribution in [3.05, 3.63) is 16.5 Å². The zero-order valence-corrected chi connectivity index (χ0v) is 12.0. The summed E-state index contributed by atoms with van der Waals surface area (Å²) in [6, 6.07) is 1.91. The molecule has 1 aromatic heterocycles. The molecule has 0 radical (unpaired) electrons. The van der Waals surface area contributed by atoms with Crippen LogP contribution in [0.4, 0.5) is 5.82 Å². The van der Waals surface area contributed by atoms with Crippen LogP contribution in [0.25, 0.3) is 0 Å². The Morgan fingerprint density at radius 2 is 2.18 bits per heavy atom. The lowest BCUT2D eigenvalue weighted by molar-refractivity contribution is 0.0839. The second-order valence-electron chi connectivity index (χ2n) is 5.23. The molecule has 1 aromatic rings. The number of hydrogen-bond donors (Lipinski definition) is 1. The summed E-state index contributed by atoms with van der Waals surface area (Å²) in [7, 11) is 0. The quantitative estimate of drug-likeness (QED) is 0.852. The first-order valence-electron chi connectivity index (χ1n) is 5.89. The van der Waals surface area contributed by atoms with Crippen molar-refractivity contribution < 1.29 is 5.11 Å². The van der Waals surface area contributed by atoms with Gasteiger partial charge in [-0.25, -0.2) is 9.97 Å². The number of rotatable bonds is 2. The minimum atomic E-state index is -0.602. The Labute approximate surface area is 110 Å². The van der Waals surface area contributed by atoms with Crippen LogP contribution in [0.15, 0.2) is 10.7 Å². The average Bonchev–Trinajstić information content (AvgIpc) is 2.58. The molecule has 0 aliphatic carbocycles. The molecular weight excluding hydrogens is 282 g/mol. The molecule has 1 aliphatic rings. The summed E-state index contributed by atoms with van der Waals surface area (Å²) >= 11 is 3.42. The Kier molecular flexibility index (Phi) is 3.41. The molecule has 94 valence electrons. The van der Waals surface area contributed by atoms with Gasteiger partial charge in [0.05, 0.1) is 5.60 Å².